The van der Waals surface area contributed by atoms with E-state index in [1.54, 1.807) is 0 Å². The lowest BCUT2D eigenvalue weighted by Gasteiger charge is -2.08. The number of benzene rings is 1. The fourth-order valence-electron chi connectivity index (χ4n) is 1.50. The second-order valence-electron chi connectivity index (χ2n) is 4.18. The number of carbonyl (C=O) groups excluding carboxylic acids is 3. The summed E-state index contributed by atoms with van der Waals surface area (Å²) in [6, 6.07) is 7.17. The van der Waals surface area contributed by atoms with Crippen LogP contribution in [0.1, 0.15) is 20.9 Å². The van der Waals surface area contributed by atoms with Gasteiger partial charge in [0.15, 0.2) is 12.4 Å². The summed E-state index contributed by atoms with van der Waals surface area (Å²) in [4.78, 5) is 34.8. The van der Waals surface area contributed by atoms with Gasteiger partial charge in [-0.3, -0.25) is 20.4 Å². The molecular formula is C14H10Cl2N2O5. The Morgan fingerprint density at radius 2 is 1.91 bits per heavy atom. The van der Waals surface area contributed by atoms with Gasteiger partial charge >= 0.3 is 11.9 Å². The van der Waals surface area contributed by atoms with Gasteiger partial charge in [-0.25, -0.2) is 4.79 Å². The van der Waals surface area contributed by atoms with Crippen LogP contribution < -0.4 is 10.9 Å². The maximum Gasteiger partial charge on any atom is 0.340 e. The molecule has 120 valence electrons. The zero-order valence-electron chi connectivity index (χ0n) is 11.5. The molecule has 0 aliphatic heterocycles. The molecule has 0 aliphatic rings. The third-order valence-corrected chi connectivity index (χ3v) is 3.09. The number of furan rings is 1. The Balaban J connectivity index is 1.80. The van der Waals surface area contributed by atoms with E-state index in [2.05, 4.69) is 10.9 Å². The van der Waals surface area contributed by atoms with E-state index in [1.165, 1.54) is 36.6 Å². The predicted octanol–water partition coefficient (Wildman–Crippen LogP) is 2.20. The van der Waals surface area contributed by atoms with Gasteiger partial charge in [0.05, 0.1) is 16.8 Å². The van der Waals surface area contributed by atoms with Gasteiger partial charge in [-0.05, 0) is 30.3 Å². The number of nitrogens with one attached hydrogen (secondary N) is 2. The summed E-state index contributed by atoms with van der Waals surface area (Å²) in [7, 11) is 0. The Bertz CT molecular complexity index is 731. The van der Waals surface area contributed by atoms with Crippen molar-refractivity contribution in [2.75, 3.05) is 6.61 Å². The molecule has 0 spiro atoms. The molecule has 7 nitrogen and oxygen atoms in total. The molecule has 0 unspecified atom stereocenters. The van der Waals surface area contributed by atoms with E-state index in [-0.39, 0.29) is 16.3 Å². The van der Waals surface area contributed by atoms with Gasteiger partial charge < -0.3 is 9.15 Å². The first-order chi connectivity index (χ1) is 11.0. The van der Waals surface area contributed by atoms with Crippen molar-refractivity contribution in [3.05, 3.63) is 58.0 Å². The van der Waals surface area contributed by atoms with Crippen LogP contribution >= 0.6 is 23.2 Å². The zero-order chi connectivity index (χ0) is 16.8. The minimum absolute atomic E-state index is 0.0234. The number of halogens is 2. The summed E-state index contributed by atoms with van der Waals surface area (Å²) in [6.45, 7) is -0.601. The van der Waals surface area contributed by atoms with E-state index in [9.17, 15) is 14.4 Å². The first kappa shape index (κ1) is 16.9. The molecular weight excluding hydrogens is 347 g/mol. The Labute approximate surface area is 140 Å². The minimum atomic E-state index is -0.792. The van der Waals surface area contributed by atoms with Crippen LogP contribution in [0.15, 0.2) is 41.0 Å². The lowest BCUT2D eigenvalue weighted by molar-refractivity contribution is -0.125. The number of rotatable bonds is 4. The van der Waals surface area contributed by atoms with E-state index in [0.29, 0.717) is 5.02 Å². The number of esters is 1. The number of amides is 2. The molecule has 2 aromatic rings. The quantitative estimate of drug-likeness (QED) is 0.646. The predicted molar refractivity (Wildman–Crippen MR) is 81.1 cm³/mol. The van der Waals surface area contributed by atoms with Crippen LogP contribution in [0.5, 0.6) is 0 Å². The largest absolute Gasteiger partial charge is 0.459 e. The molecule has 23 heavy (non-hydrogen) atoms. The third-order valence-electron chi connectivity index (χ3n) is 2.55. The van der Waals surface area contributed by atoms with Crippen molar-refractivity contribution < 1.29 is 23.5 Å². The molecule has 1 heterocycles. The SMILES string of the molecule is O=C(COC(=O)c1ccc(Cl)cc1Cl)NNC(=O)c1ccco1. The van der Waals surface area contributed by atoms with Crippen molar-refractivity contribution in [2.45, 2.75) is 0 Å². The van der Waals surface area contributed by atoms with Crippen LogP contribution in [0.4, 0.5) is 0 Å². The smallest absolute Gasteiger partial charge is 0.340 e. The number of hydrazine groups is 1. The van der Waals surface area contributed by atoms with Gasteiger partial charge in [0.25, 0.3) is 5.91 Å². The van der Waals surface area contributed by atoms with Crippen molar-refractivity contribution in [2.24, 2.45) is 0 Å². The van der Waals surface area contributed by atoms with Crippen LogP contribution in [0.2, 0.25) is 10.0 Å². The highest BCUT2D eigenvalue weighted by Gasteiger charge is 2.15. The van der Waals surface area contributed by atoms with Crippen molar-refractivity contribution in [3.63, 3.8) is 0 Å². The summed E-state index contributed by atoms with van der Waals surface area (Å²) >= 11 is 11.6. The molecule has 0 saturated carbocycles. The Morgan fingerprint density at radius 3 is 2.57 bits per heavy atom. The number of ether oxygens (including phenoxy) is 1. The van der Waals surface area contributed by atoms with E-state index < -0.39 is 24.4 Å². The highest BCUT2D eigenvalue weighted by molar-refractivity contribution is 6.36. The molecule has 0 saturated heterocycles. The lowest BCUT2D eigenvalue weighted by atomic mass is 10.2. The maximum absolute atomic E-state index is 11.8. The molecule has 2 N–H and O–H groups in total. The van der Waals surface area contributed by atoms with Gasteiger partial charge in [-0.1, -0.05) is 23.2 Å². The normalized spacial score (nSPS) is 10.0. The minimum Gasteiger partial charge on any atom is -0.459 e. The Kier molecular flexibility index (Phi) is 5.61. The van der Waals surface area contributed by atoms with Crippen LogP contribution in [0, 0.1) is 0 Å². The lowest BCUT2D eigenvalue weighted by Crippen LogP contribution is -2.43. The number of hydrogen-bond donors (Lipinski definition) is 2. The summed E-state index contributed by atoms with van der Waals surface area (Å²) in [5.74, 6) is -2.15. The topological polar surface area (TPSA) is 97.6 Å². The van der Waals surface area contributed by atoms with Gasteiger partial charge in [-0.15, -0.1) is 0 Å². The molecule has 0 fully saturated rings. The second kappa shape index (κ2) is 7.66. The highest BCUT2D eigenvalue weighted by Crippen LogP contribution is 2.21. The molecule has 0 radical (unpaired) electrons. The van der Waals surface area contributed by atoms with Crippen molar-refractivity contribution >= 4 is 41.0 Å². The highest BCUT2D eigenvalue weighted by atomic mass is 35.5. The van der Waals surface area contributed by atoms with E-state index in [1.807, 2.05) is 0 Å². The monoisotopic (exact) mass is 356 g/mol. The van der Waals surface area contributed by atoms with E-state index in [4.69, 9.17) is 32.4 Å². The fourth-order valence-corrected chi connectivity index (χ4v) is 1.98. The standard InChI is InChI=1S/C14H10Cl2N2O5/c15-8-3-4-9(10(16)6-8)14(21)23-7-12(19)17-18-13(20)11-2-1-5-22-11/h1-6H,7H2,(H,17,19)(H,18,20). The molecule has 0 aliphatic carbocycles. The van der Waals surface area contributed by atoms with Crippen molar-refractivity contribution in [3.8, 4) is 0 Å². The third kappa shape index (κ3) is 4.73. The molecule has 1 aromatic heterocycles. The average Bonchev–Trinajstić information content (AvgIpc) is 3.04. The zero-order valence-corrected chi connectivity index (χ0v) is 13.0. The number of hydrogen-bond acceptors (Lipinski definition) is 5. The molecule has 0 atom stereocenters. The van der Waals surface area contributed by atoms with E-state index >= 15 is 0 Å². The van der Waals surface area contributed by atoms with Gasteiger partial charge in [-0.2, -0.15) is 0 Å². The second-order valence-corrected chi connectivity index (χ2v) is 5.02. The van der Waals surface area contributed by atoms with Crippen LogP contribution in [0.3, 0.4) is 0 Å². The Hall–Kier alpha value is -2.51. The average molecular weight is 357 g/mol. The first-order valence-corrected chi connectivity index (χ1v) is 6.98. The maximum atomic E-state index is 11.8. The van der Waals surface area contributed by atoms with Crippen LogP contribution in [0.25, 0.3) is 0 Å². The van der Waals surface area contributed by atoms with Gasteiger partial charge in [0.1, 0.15) is 0 Å². The summed E-state index contributed by atoms with van der Waals surface area (Å²) in [5, 5.41) is 0.471. The molecule has 1 aromatic carbocycles. The molecule has 2 amide bonds. The van der Waals surface area contributed by atoms with E-state index in [0.717, 1.165) is 0 Å². The molecule has 9 heteroatoms. The first-order valence-electron chi connectivity index (χ1n) is 6.22. The Morgan fingerprint density at radius 1 is 1.13 bits per heavy atom. The van der Waals surface area contributed by atoms with Gasteiger partial charge in [0, 0.05) is 5.02 Å². The molecule has 2 rings (SSSR count). The van der Waals surface area contributed by atoms with Crippen LogP contribution in [-0.4, -0.2) is 24.4 Å². The van der Waals surface area contributed by atoms with Gasteiger partial charge in [0.2, 0.25) is 0 Å². The fraction of sp³-hybridized carbons (Fsp3) is 0.0714. The summed E-state index contributed by atoms with van der Waals surface area (Å²) in [6.07, 6.45) is 1.31. The summed E-state index contributed by atoms with van der Waals surface area (Å²) < 4.78 is 9.61. The summed E-state index contributed by atoms with van der Waals surface area (Å²) in [5.41, 5.74) is 4.24. The van der Waals surface area contributed by atoms with Crippen molar-refractivity contribution in [1.29, 1.82) is 0 Å². The molecule has 0 bridgehead atoms. The van der Waals surface area contributed by atoms with Crippen molar-refractivity contribution in [1.82, 2.24) is 10.9 Å². The van der Waals surface area contributed by atoms with Crippen LogP contribution in [-0.2, 0) is 9.53 Å². The number of carbonyl (C=O) groups is 3.